The maximum Gasteiger partial charge on any atom is 0.231 e. The summed E-state index contributed by atoms with van der Waals surface area (Å²) in [4.78, 5) is 12.9. The third-order valence-electron chi connectivity index (χ3n) is 3.10. The lowest BCUT2D eigenvalue weighted by molar-refractivity contribution is -0.120. The first kappa shape index (κ1) is 16.9. The molecule has 1 unspecified atom stereocenters. The van der Waals surface area contributed by atoms with Crippen molar-refractivity contribution < 1.29 is 4.79 Å². The molecule has 1 aromatic carbocycles. The zero-order valence-corrected chi connectivity index (χ0v) is 14.1. The van der Waals surface area contributed by atoms with E-state index in [0.29, 0.717) is 5.69 Å². The molecular formula is C14H18BrN3OS. The summed E-state index contributed by atoms with van der Waals surface area (Å²) in [6.07, 6.45) is 0. The molecule has 3 N–H and O–H groups in total. The minimum atomic E-state index is -0.837. The van der Waals surface area contributed by atoms with Crippen molar-refractivity contribution in [2.75, 3.05) is 11.5 Å². The molecule has 108 valence electrons. The summed E-state index contributed by atoms with van der Waals surface area (Å²) in [5.74, 6) is 0.146. The zero-order chi connectivity index (χ0) is 15.3. The molecule has 1 aromatic rings. The van der Waals surface area contributed by atoms with E-state index in [2.05, 4.69) is 27.3 Å². The molecular weight excluding hydrogens is 338 g/mol. The monoisotopic (exact) mass is 355 g/mol. The Morgan fingerprint density at radius 2 is 2.25 bits per heavy atom. The lowest BCUT2D eigenvalue weighted by Gasteiger charge is -2.27. The summed E-state index contributed by atoms with van der Waals surface area (Å²) in [7, 11) is 0. The quantitative estimate of drug-likeness (QED) is 0.627. The molecule has 20 heavy (non-hydrogen) atoms. The van der Waals surface area contributed by atoms with Gasteiger partial charge in [0, 0.05) is 15.1 Å². The van der Waals surface area contributed by atoms with Crippen LogP contribution in [0.15, 0.2) is 27.6 Å². The Hall–Kier alpha value is -1.19. The second-order valence-electron chi connectivity index (χ2n) is 5.00. The summed E-state index contributed by atoms with van der Waals surface area (Å²) in [6.45, 7) is 5.56. The van der Waals surface area contributed by atoms with E-state index in [1.165, 1.54) is 11.8 Å². The molecule has 0 aliphatic heterocycles. The van der Waals surface area contributed by atoms with Crippen molar-refractivity contribution >= 4 is 39.3 Å². The first-order chi connectivity index (χ1) is 9.28. The van der Waals surface area contributed by atoms with E-state index < -0.39 is 5.54 Å². The number of carbonyl (C=O) groups excluding carboxylic acids is 1. The molecule has 1 atom stereocenters. The van der Waals surface area contributed by atoms with Gasteiger partial charge in [0.25, 0.3) is 0 Å². The van der Waals surface area contributed by atoms with Crippen molar-refractivity contribution in [2.45, 2.75) is 31.2 Å². The van der Waals surface area contributed by atoms with Crippen LogP contribution in [0, 0.1) is 17.2 Å². The molecule has 0 saturated heterocycles. The number of hydrogen-bond acceptors (Lipinski definition) is 4. The SMILES string of the molecule is CC(C)C(C)(C#N)NC(=O)CSc1ccc(N)cc1Br. The lowest BCUT2D eigenvalue weighted by Crippen LogP contribution is -2.49. The number of rotatable bonds is 5. The standard InChI is InChI=1S/C14H18BrN3OS/c1-9(2)14(3,8-16)18-13(19)7-20-12-5-4-10(17)6-11(12)15/h4-6,9H,7,17H2,1-3H3,(H,18,19). The number of amides is 1. The number of anilines is 1. The average Bonchev–Trinajstić information content (AvgIpc) is 2.37. The molecule has 0 heterocycles. The summed E-state index contributed by atoms with van der Waals surface area (Å²) in [6, 6.07) is 7.61. The van der Waals surface area contributed by atoms with Crippen molar-refractivity contribution in [3.05, 3.63) is 22.7 Å². The van der Waals surface area contributed by atoms with Gasteiger partial charge in [0.05, 0.1) is 11.8 Å². The highest BCUT2D eigenvalue weighted by Crippen LogP contribution is 2.29. The van der Waals surface area contributed by atoms with Crippen LogP contribution in [0.25, 0.3) is 0 Å². The number of hydrogen-bond donors (Lipinski definition) is 2. The van der Waals surface area contributed by atoms with Gasteiger partial charge in [-0.2, -0.15) is 5.26 Å². The van der Waals surface area contributed by atoms with Crippen LogP contribution < -0.4 is 11.1 Å². The van der Waals surface area contributed by atoms with Crippen LogP contribution in [0.5, 0.6) is 0 Å². The number of nitriles is 1. The number of carbonyl (C=O) groups is 1. The van der Waals surface area contributed by atoms with E-state index in [-0.39, 0.29) is 17.6 Å². The van der Waals surface area contributed by atoms with Crippen LogP contribution in [-0.4, -0.2) is 17.2 Å². The average molecular weight is 356 g/mol. The third kappa shape index (κ3) is 4.43. The summed E-state index contributed by atoms with van der Waals surface area (Å²) >= 11 is 4.81. The minimum Gasteiger partial charge on any atom is -0.399 e. The fourth-order valence-corrected chi connectivity index (χ4v) is 2.86. The molecule has 0 bridgehead atoms. The number of benzene rings is 1. The van der Waals surface area contributed by atoms with Crippen molar-refractivity contribution in [1.29, 1.82) is 5.26 Å². The van der Waals surface area contributed by atoms with Gasteiger partial charge in [0.15, 0.2) is 0 Å². The molecule has 0 saturated carbocycles. The van der Waals surface area contributed by atoms with Crippen molar-refractivity contribution in [3.63, 3.8) is 0 Å². The number of nitrogens with one attached hydrogen (secondary N) is 1. The maximum atomic E-state index is 12.0. The smallest absolute Gasteiger partial charge is 0.231 e. The van der Waals surface area contributed by atoms with E-state index in [4.69, 9.17) is 5.73 Å². The number of nitrogen functional groups attached to an aromatic ring is 1. The predicted molar refractivity (Wildman–Crippen MR) is 86.3 cm³/mol. The summed E-state index contributed by atoms with van der Waals surface area (Å²) in [5, 5.41) is 12.0. The van der Waals surface area contributed by atoms with E-state index in [1.807, 2.05) is 19.9 Å². The fraction of sp³-hybridized carbons (Fsp3) is 0.429. The Balaban J connectivity index is 2.62. The minimum absolute atomic E-state index is 0.0460. The highest BCUT2D eigenvalue weighted by molar-refractivity contribution is 9.10. The third-order valence-corrected chi connectivity index (χ3v) is 5.09. The highest BCUT2D eigenvalue weighted by Gasteiger charge is 2.29. The molecule has 1 amide bonds. The van der Waals surface area contributed by atoms with Gasteiger partial charge in [0.1, 0.15) is 5.54 Å². The van der Waals surface area contributed by atoms with Crippen LogP contribution in [-0.2, 0) is 4.79 Å². The van der Waals surface area contributed by atoms with Crippen LogP contribution in [0.3, 0.4) is 0 Å². The van der Waals surface area contributed by atoms with Gasteiger partial charge in [-0.05, 0) is 47.0 Å². The lowest BCUT2D eigenvalue weighted by atomic mass is 9.90. The second-order valence-corrected chi connectivity index (χ2v) is 6.87. The molecule has 0 aromatic heterocycles. The Morgan fingerprint density at radius 3 is 2.75 bits per heavy atom. The predicted octanol–water partition coefficient (Wildman–Crippen LogP) is 3.18. The van der Waals surface area contributed by atoms with Crippen LogP contribution in [0.1, 0.15) is 20.8 Å². The molecule has 6 heteroatoms. The van der Waals surface area contributed by atoms with E-state index >= 15 is 0 Å². The molecule has 1 rings (SSSR count). The van der Waals surface area contributed by atoms with Gasteiger partial charge >= 0.3 is 0 Å². The first-order valence-electron chi connectivity index (χ1n) is 6.18. The van der Waals surface area contributed by atoms with E-state index in [9.17, 15) is 10.1 Å². The van der Waals surface area contributed by atoms with Crippen molar-refractivity contribution in [3.8, 4) is 6.07 Å². The van der Waals surface area contributed by atoms with Gasteiger partial charge in [0.2, 0.25) is 5.91 Å². The number of nitrogens with zero attached hydrogens (tertiary/aromatic N) is 1. The molecule has 0 aliphatic rings. The van der Waals surface area contributed by atoms with Crippen molar-refractivity contribution in [1.82, 2.24) is 5.32 Å². The zero-order valence-electron chi connectivity index (χ0n) is 11.7. The molecule has 0 aliphatic carbocycles. The summed E-state index contributed by atoms with van der Waals surface area (Å²) in [5.41, 5.74) is 5.50. The molecule has 0 fully saturated rings. The maximum absolute atomic E-state index is 12.0. The largest absolute Gasteiger partial charge is 0.399 e. The Labute approximate surface area is 132 Å². The number of thioether (sulfide) groups is 1. The van der Waals surface area contributed by atoms with Gasteiger partial charge in [-0.25, -0.2) is 0 Å². The number of halogens is 1. The highest BCUT2D eigenvalue weighted by atomic mass is 79.9. The van der Waals surface area contributed by atoms with Gasteiger partial charge < -0.3 is 11.1 Å². The first-order valence-corrected chi connectivity index (χ1v) is 7.96. The second kappa shape index (κ2) is 7.00. The molecule has 0 radical (unpaired) electrons. The van der Waals surface area contributed by atoms with Gasteiger partial charge in [-0.15, -0.1) is 11.8 Å². The van der Waals surface area contributed by atoms with Crippen LogP contribution in [0.2, 0.25) is 0 Å². The van der Waals surface area contributed by atoms with Gasteiger partial charge in [-0.3, -0.25) is 4.79 Å². The number of nitrogens with two attached hydrogens (primary N) is 1. The van der Waals surface area contributed by atoms with Gasteiger partial charge in [-0.1, -0.05) is 13.8 Å². The van der Waals surface area contributed by atoms with Crippen molar-refractivity contribution in [2.24, 2.45) is 5.92 Å². The Bertz CT molecular complexity index is 542. The van der Waals surface area contributed by atoms with E-state index in [0.717, 1.165) is 9.37 Å². The topological polar surface area (TPSA) is 78.9 Å². The molecule has 0 spiro atoms. The van der Waals surface area contributed by atoms with Crippen LogP contribution in [0.4, 0.5) is 5.69 Å². The summed E-state index contributed by atoms with van der Waals surface area (Å²) < 4.78 is 0.863. The Kier molecular flexibility index (Phi) is 5.90. The fourth-order valence-electron chi connectivity index (χ4n) is 1.40. The Morgan fingerprint density at radius 1 is 1.60 bits per heavy atom. The normalized spacial score (nSPS) is 13.6. The van der Waals surface area contributed by atoms with E-state index in [1.54, 1.807) is 19.1 Å². The molecule has 4 nitrogen and oxygen atoms in total. The van der Waals surface area contributed by atoms with Crippen LogP contribution >= 0.6 is 27.7 Å².